The third kappa shape index (κ3) is 4.54. The van der Waals surface area contributed by atoms with Gasteiger partial charge in [0.05, 0.1) is 17.1 Å². The summed E-state index contributed by atoms with van der Waals surface area (Å²) in [6.45, 7) is 0. The molecule has 5 nitrogen and oxygen atoms in total. The van der Waals surface area contributed by atoms with Crippen molar-refractivity contribution in [2.75, 3.05) is 5.32 Å². The van der Waals surface area contributed by atoms with E-state index in [0.29, 0.717) is 5.89 Å². The zero-order chi connectivity index (χ0) is 21.0. The SMILES string of the molecule is O=C(Cc1csc(Cc2ccccc2)n1)Nc1ccc(-c2nc3ccccc3o2)cc1. The molecule has 1 amide bonds. The van der Waals surface area contributed by atoms with Crippen molar-refractivity contribution in [2.24, 2.45) is 0 Å². The van der Waals surface area contributed by atoms with Gasteiger partial charge in [0.1, 0.15) is 5.52 Å². The number of para-hydroxylation sites is 2. The Kier molecular flexibility index (Phi) is 5.29. The van der Waals surface area contributed by atoms with Crippen molar-refractivity contribution in [1.29, 1.82) is 0 Å². The zero-order valence-corrected chi connectivity index (χ0v) is 17.4. The molecule has 6 heteroatoms. The topological polar surface area (TPSA) is 68.0 Å². The Morgan fingerprint density at radius 3 is 2.48 bits per heavy atom. The molecule has 0 aliphatic carbocycles. The quantitative estimate of drug-likeness (QED) is 0.378. The van der Waals surface area contributed by atoms with E-state index in [4.69, 9.17) is 4.42 Å². The molecule has 0 unspecified atom stereocenters. The van der Waals surface area contributed by atoms with Gasteiger partial charge in [0.25, 0.3) is 0 Å². The zero-order valence-electron chi connectivity index (χ0n) is 16.6. The van der Waals surface area contributed by atoms with Crippen molar-refractivity contribution in [1.82, 2.24) is 9.97 Å². The maximum Gasteiger partial charge on any atom is 0.230 e. The number of oxazole rings is 1. The number of amides is 1. The summed E-state index contributed by atoms with van der Waals surface area (Å²) in [5, 5.41) is 5.89. The van der Waals surface area contributed by atoms with E-state index in [1.165, 1.54) is 5.56 Å². The van der Waals surface area contributed by atoms with Crippen molar-refractivity contribution < 1.29 is 9.21 Å². The fourth-order valence-corrected chi connectivity index (χ4v) is 4.17. The van der Waals surface area contributed by atoms with Crippen LogP contribution in [0.4, 0.5) is 5.69 Å². The third-order valence-corrected chi connectivity index (χ3v) is 5.75. The largest absolute Gasteiger partial charge is 0.436 e. The molecule has 152 valence electrons. The van der Waals surface area contributed by atoms with E-state index in [9.17, 15) is 4.79 Å². The van der Waals surface area contributed by atoms with Gasteiger partial charge < -0.3 is 9.73 Å². The molecule has 1 N–H and O–H groups in total. The first-order chi connectivity index (χ1) is 15.2. The van der Waals surface area contributed by atoms with Crippen LogP contribution in [0.1, 0.15) is 16.3 Å². The number of fused-ring (bicyclic) bond motifs is 1. The summed E-state index contributed by atoms with van der Waals surface area (Å²) >= 11 is 1.59. The van der Waals surface area contributed by atoms with Crippen LogP contribution >= 0.6 is 11.3 Å². The summed E-state index contributed by atoms with van der Waals surface area (Å²) in [6.07, 6.45) is 1.03. The molecular formula is C25H19N3O2S. The Morgan fingerprint density at radius 1 is 0.903 bits per heavy atom. The number of benzene rings is 3. The highest BCUT2D eigenvalue weighted by Gasteiger charge is 2.11. The van der Waals surface area contributed by atoms with Crippen LogP contribution in [0.5, 0.6) is 0 Å². The summed E-state index contributed by atoms with van der Waals surface area (Å²) < 4.78 is 5.79. The fourth-order valence-electron chi connectivity index (χ4n) is 3.34. The van der Waals surface area contributed by atoms with E-state index < -0.39 is 0 Å². The van der Waals surface area contributed by atoms with E-state index in [-0.39, 0.29) is 12.3 Å². The lowest BCUT2D eigenvalue weighted by atomic mass is 10.2. The molecule has 5 rings (SSSR count). The van der Waals surface area contributed by atoms with Crippen molar-refractivity contribution in [3.05, 3.63) is 101 Å². The lowest BCUT2D eigenvalue weighted by Crippen LogP contribution is -2.14. The molecular weight excluding hydrogens is 406 g/mol. The summed E-state index contributed by atoms with van der Waals surface area (Å²) in [6, 6.07) is 25.3. The van der Waals surface area contributed by atoms with Gasteiger partial charge in [-0.3, -0.25) is 4.79 Å². The molecule has 0 atom stereocenters. The fraction of sp³-hybridized carbons (Fsp3) is 0.0800. The molecule has 0 spiro atoms. The normalized spacial score (nSPS) is 11.0. The molecule has 2 heterocycles. The first-order valence-corrected chi connectivity index (χ1v) is 10.8. The average Bonchev–Trinajstić information content (AvgIpc) is 3.41. The molecule has 0 saturated heterocycles. The summed E-state index contributed by atoms with van der Waals surface area (Å²) in [5.74, 6) is 0.471. The minimum atomic E-state index is -0.0915. The second kappa shape index (κ2) is 8.53. The molecule has 31 heavy (non-hydrogen) atoms. The number of aromatic nitrogens is 2. The van der Waals surface area contributed by atoms with Crippen LogP contribution in [0.2, 0.25) is 0 Å². The van der Waals surface area contributed by atoms with Gasteiger partial charge in [0.2, 0.25) is 11.8 Å². The maximum absolute atomic E-state index is 12.4. The Bertz CT molecular complexity index is 1290. The Morgan fingerprint density at radius 2 is 1.68 bits per heavy atom. The predicted octanol–water partition coefficient (Wildman–Crippen LogP) is 5.72. The molecule has 0 bridgehead atoms. The van der Waals surface area contributed by atoms with E-state index in [0.717, 1.165) is 39.5 Å². The second-order valence-corrected chi connectivity index (χ2v) is 8.13. The molecule has 2 aromatic heterocycles. The first kappa shape index (κ1) is 19.2. The van der Waals surface area contributed by atoms with Crippen molar-refractivity contribution in [3.8, 4) is 11.5 Å². The van der Waals surface area contributed by atoms with Gasteiger partial charge in [0, 0.05) is 23.1 Å². The number of nitrogens with one attached hydrogen (secondary N) is 1. The highest BCUT2D eigenvalue weighted by atomic mass is 32.1. The predicted molar refractivity (Wildman–Crippen MR) is 123 cm³/mol. The highest BCUT2D eigenvalue weighted by Crippen LogP contribution is 2.25. The number of carbonyl (C=O) groups excluding carboxylic acids is 1. The number of carbonyl (C=O) groups is 1. The van der Waals surface area contributed by atoms with Crippen molar-refractivity contribution in [2.45, 2.75) is 12.8 Å². The van der Waals surface area contributed by atoms with Gasteiger partial charge in [-0.25, -0.2) is 9.97 Å². The molecule has 3 aromatic carbocycles. The van der Waals surface area contributed by atoms with Gasteiger partial charge in [-0.15, -0.1) is 11.3 Å². The van der Waals surface area contributed by atoms with Gasteiger partial charge in [-0.1, -0.05) is 42.5 Å². The van der Waals surface area contributed by atoms with Gasteiger partial charge in [-0.2, -0.15) is 0 Å². The third-order valence-electron chi connectivity index (χ3n) is 4.85. The number of rotatable bonds is 6. The first-order valence-electron chi connectivity index (χ1n) is 9.96. The van der Waals surface area contributed by atoms with Gasteiger partial charge >= 0.3 is 0 Å². The minimum Gasteiger partial charge on any atom is -0.436 e. The van der Waals surface area contributed by atoms with Gasteiger partial charge in [0.15, 0.2) is 5.58 Å². The van der Waals surface area contributed by atoms with E-state index >= 15 is 0 Å². The number of anilines is 1. The number of thiazole rings is 1. The number of hydrogen-bond acceptors (Lipinski definition) is 5. The van der Waals surface area contributed by atoms with Crippen molar-refractivity contribution >= 4 is 34.0 Å². The van der Waals surface area contributed by atoms with Crippen LogP contribution in [0.3, 0.4) is 0 Å². The molecule has 0 fully saturated rings. The standard InChI is InChI=1S/C25H19N3O2S/c29-23(15-20-16-31-24(27-20)14-17-6-2-1-3-7-17)26-19-12-10-18(11-13-19)25-28-21-8-4-5-9-22(21)30-25/h1-13,16H,14-15H2,(H,26,29). The van der Waals surface area contributed by atoms with Crippen LogP contribution < -0.4 is 5.32 Å². The number of hydrogen-bond donors (Lipinski definition) is 1. The molecule has 0 radical (unpaired) electrons. The van der Waals surface area contributed by atoms with Crippen LogP contribution in [-0.2, 0) is 17.6 Å². The summed E-state index contributed by atoms with van der Waals surface area (Å²) in [5.41, 5.74) is 5.17. The molecule has 5 aromatic rings. The second-order valence-electron chi connectivity index (χ2n) is 7.18. The Labute approximate surface area is 183 Å². The minimum absolute atomic E-state index is 0.0915. The lowest BCUT2D eigenvalue weighted by molar-refractivity contribution is -0.115. The van der Waals surface area contributed by atoms with E-state index in [1.54, 1.807) is 11.3 Å². The van der Waals surface area contributed by atoms with E-state index in [2.05, 4.69) is 27.4 Å². The van der Waals surface area contributed by atoms with Crippen LogP contribution in [0.15, 0.2) is 88.7 Å². The molecule has 0 aliphatic heterocycles. The average molecular weight is 426 g/mol. The highest BCUT2D eigenvalue weighted by molar-refractivity contribution is 7.09. The van der Waals surface area contributed by atoms with Crippen molar-refractivity contribution in [3.63, 3.8) is 0 Å². The summed E-state index contributed by atoms with van der Waals surface area (Å²) in [7, 11) is 0. The molecule has 0 aliphatic rings. The Hall–Kier alpha value is -3.77. The van der Waals surface area contributed by atoms with Gasteiger partial charge in [-0.05, 0) is 42.0 Å². The van der Waals surface area contributed by atoms with Crippen LogP contribution in [0.25, 0.3) is 22.6 Å². The smallest absolute Gasteiger partial charge is 0.230 e. The lowest BCUT2D eigenvalue weighted by Gasteiger charge is -2.04. The van der Waals surface area contributed by atoms with E-state index in [1.807, 2.05) is 72.1 Å². The van der Waals surface area contributed by atoms with Crippen LogP contribution in [0, 0.1) is 0 Å². The summed E-state index contributed by atoms with van der Waals surface area (Å²) in [4.78, 5) is 21.5. The monoisotopic (exact) mass is 425 g/mol. The molecule has 0 saturated carbocycles. The number of nitrogens with zero attached hydrogens (tertiary/aromatic N) is 2. The maximum atomic E-state index is 12.4. The van der Waals surface area contributed by atoms with Crippen LogP contribution in [-0.4, -0.2) is 15.9 Å². The Balaban J connectivity index is 1.21.